The maximum Gasteiger partial charge on any atom is 0.407 e. The molecule has 0 bridgehead atoms. The third-order valence-electron chi connectivity index (χ3n) is 3.79. The minimum atomic E-state index is -0.442. The van der Waals surface area contributed by atoms with Gasteiger partial charge in [0, 0.05) is 25.6 Å². The molecule has 0 rings (SSSR count). The van der Waals surface area contributed by atoms with E-state index < -0.39 is 6.09 Å². The van der Waals surface area contributed by atoms with Gasteiger partial charge in [-0.2, -0.15) is 0 Å². The lowest BCUT2D eigenvalue weighted by atomic mass is 9.84. The lowest BCUT2D eigenvalue weighted by molar-refractivity contribution is -0.304. The van der Waals surface area contributed by atoms with E-state index in [2.05, 4.69) is 31.4 Å². The molecule has 0 aromatic heterocycles. The van der Waals surface area contributed by atoms with Crippen LogP contribution < -0.4 is 10.6 Å². The first-order valence-corrected chi connectivity index (χ1v) is 9.59. The second-order valence-corrected chi connectivity index (χ2v) is 7.18. The van der Waals surface area contributed by atoms with Crippen molar-refractivity contribution in [2.75, 3.05) is 52.9 Å². The molecule has 27 heavy (non-hydrogen) atoms. The second kappa shape index (κ2) is 17.2. The molecule has 0 spiro atoms. The van der Waals surface area contributed by atoms with E-state index in [-0.39, 0.29) is 38.0 Å². The Morgan fingerprint density at radius 3 is 2.41 bits per heavy atom. The van der Waals surface area contributed by atoms with Crippen molar-refractivity contribution in [3.05, 3.63) is 0 Å². The van der Waals surface area contributed by atoms with Gasteiger partial charge in [0.15, 0.2) is 0 Å². The number of rotatable bonds is 17. The van der Waals surface area contributed by atoms with Crippen molar-refractivity contribution in [2.45, 2.75) is 52.5 Å². The molecule has 9 heteroatoms. The fourth-order valence-electron chi connectivity index (χ4n) is 2.28. The van der Waals surface area contributed by atoms with Crippen LogP contribution in [0.1, 0.15) is 46.5 Å². The van der Waals surface area contributed by atoms with Gasteiger partial charge in [0.2, 0.25) is 0 Å². The van der Waals surface area contributed by atoms with Crippen LogP contribution in [0.2, 0.25) is 0 Å². The molecule has 0 heterocycles. The Balaban J connectivity index is 3.78. The monoisotopic (exact) mass is 394 g/mol. The number of ether oxygens (including phenoxy) is 2. The highest BCUT2D eigenvalue weighted by Gasteiger charge is 2.23. The van der Waals surface area contributed by atoms with Crippen LogP contribution >= 0.6 is 0 Å². The molecule has 0 fully saturated rings. The van der Waals surface area contributed by atoms with E-state index in [1.165, 1.54) is 0 Å². The molecule has 9 nitrogen and oxygen atoms in total. The van der Waals surface area contributed by atoms with Crippen molar-refractivity contribution in [2.24, 2.45) is 5.41 Å². The van der Waals surface area contributed by atoms with Crippen molar-refractivity contribution in [3.63, 3.8) is 0 Å². The summed E-state index contributed by atoms with van der Waals surface area (Å²) in [6.07, 6.45) is 2.74. The van der Waals surface area contributed by atoms with Gasteiger partial charge in [-0.15, -0.1) is 0 Å². The predicted molar refractivity (Wildman–Crippen MR) is 101 cm³/mol. The van der Waals surface area contributed by atoms with Crippen molar-refractivity contribution in [1.82, 2.24) is 10.6 Å². The average Bonchev–Trinajstić information content (AvgIpc) is 2.61. The van der Waals surface area contributed by atoms with E-state index >= 15 is 0 Å². The molecule has 0 aromatic carbocycles. The predicted octanol–water partition coefficient (Wildman–Crippen LogP) is 1.18. The standard InChI is InChI=1S/C18H38N2O7/c1-18(2,3)16(20-15-27-26-14-13-24-12-10-22)7-4-5-8-19-17(23)25-11-6-9-21/h16,20-22H,4-15H2,1-3H3,(H,19,23). The van der Waals surface area contributed by atoms with Gasteiger partial charge in [-0.05, 0) is 18.3 Å². The summed E-state index contributed by atoms with van der Waals surface area (Å²) in [5.74, 6) is 0. The fraction of sp³-hybridized carbons (Fsp3) is 0.944. The Bertz CT molecular complexity index is 351. The van der Waals surface area contributed by atoms with Crippen molar-refractivity contribution in [3.8, 4) is 0 Å². The van der Waals surface area contributed by atoms with E-state index in [0.717, 1.165) is 19.3 Å². The minimum absolute atomic E-state index is 0.00387. The molecular weight excluding hydrogens is 356 g/mol. The molecule has 162 valence electrons. The van der Waals surface area contributed by atoms with Gasteiger partial charge in [0.1, 0.15) is 13.3 Å². The number of carbonyl (C=O) groups is 1. The SMILES string of the molecule is CC(C)(C)C(CCCCNC(=O)OCCCO)NCOOCCOCCO. The normalized spacial score (nSPS) is 12.8. The number of hydrogen-bond acceptors (Lipinski definition) is 8. The van der Waals surface area contributed by atoms with Gasteiger partial charge in [-0.25, -0.2) is 14.6 Å². The quantitative estimate of drug-likeness (QED) is 0.126. The molecule has 1 amide bonds. The summed E-state index contributed by atoms with van der Waals surface area (Å²) in [5.41, 5.74) is 0.0598. The lowest BCUT2D eigenvalue weighted by Gasteiger charge is -2.31. The maximum absolute atomic E-state index is 11.4. The Hall–Kier alpha value is -0.970. The van der Waals surface area contributed by atoms with Crippen LogP contribution in [0.25, 0.3) is 0 Å². The van der Waals surface area contributed by atoms with Gasteiger partial charge in [0.05, 0.1) is 26.4 Å². The minimum Gasteiger partial charge on any atom is -0.449 e. The van der Waals surface area contributed by atoms with E-state index in [9.17, 15) is 4.79 Å². The second-order valence-electron chi connectivity index (χ2n) is 7.18. The summed E-state index contributed by atoms with van der Waals surface area (Å²) in [4.78, 5) is 21.5. The summed E-state index contributed by atoms with van der Waals surface area (Å²) < 4.78 is 9.96. The van der Waals surface area contributed by atoms with Gasteiger partial charge >= 0.3 is 6.09 Å². The zero-order valence-corrected chi connectivity index (χ0v) is 17.0. The van der Waals surface area contributed by atoms with Crippen LogP contribution in [-0.4, -0.2) is 75.3 Å². The summed E-state index contributed by atoms with van der Waals surface area (Å²) in [7, 11) is 0. The lowest BCUT2D eigenvalue weighted by Crippen LogP contribution is -2.41. The number of aliphatic hydroxyl groups is 2. The molecule has 0 radical (unpaired) electrons. The van der Waals surface area contributed by atoms with E-state index in [4.69, 9.17) is 29.5 Å². The number of amides is 1. The van der Waals surface area contributed by atoms with Crippen molar-refractivity contribution >= 4 is 6.09 Å². The first-order valence-electron chi connectivity index (χ1n) is 9.59. The zero-order valence-electron chi connectivity index (χ0n) is 17.0. The number of alkyl carbamates (subject to hydrolysis) is 1. The molecule has 0 aliphatic heterocycles. The zero-order chi connectivity index (χ0) is 20.4. The Morgan fingerprint density at radius 2 is 1.74 bits per heavy atom. The summed E-state index contributed by atoms with van der Waals surface area (Å²) in [5, 5.41) is 23.2. The third kappa shape index (κ3) is 16.9. The smallest absolute Gasteiger partial charge is 0.407 e. The van der Waals surface area contributed by atoms with Crippen molar-refractivity contribution in [1.29, 1.82) is 0 Å². The molecule has 0 aliphatic rings. The summed E-state index contributed by atoms with van der Waals surface area (Å²) in [6, 6.07) is 0.239. The van der Waals surface area contributed by atoms with E-state index in [1.807, 2.05) is 0 Å². The van der Waals surface area contributed by atoms with Gasteiger partial charge < -0.3 is 25.0 Å². The Morgan fingerprint density at radius 1 is 0.963 bits per heavy atom. The number of hydrogen-bond donors (Lipinski definition) is 4. The molecule has 0 saturated heterocycles. The molecule has 4 N–H and O–H groups in total. The highest BCUT2D eigenvalue weighted by Crippen LogP contribution is 2.23. The molecule has 0 aliphatic carbocycles. The maximum atomic E-state index is 11.4. The Labute approximate surface area is 162 Å². The summed E-state index contributed by atoms with van der Waals surface area (Å²) >= 11 is 0. The average molecular weight is 395 g/mol. The highest BCUT2D eigenvalue weighted by molar-refractivity contribution is 5.66. The first kappa shape index (κ1) is 26.0. The number of nitrogens with one attached hydrogen (secondary N) is 2. The number of aliphatic hydroxyl groups excluding tert-OH is 2. The van der Waals surface area contributed by atoms with Crippen LogP contribution in [0.5, 0.6) is 0 Å². The van der Waals surface area contributed by atoms with E-state index in [1.54, 1.807) is 0 Å². The summed E-state index contributed by atoms with van der Waals surface area (Å²) in [6.45, 7) is 8.52. The molecule has 1 unspecified atom stereocenters. The van der Waals surface area contributed by atoms with E-state index in [0.29, 0.717) is 32.8 Å². The Kier molecular flexibility index (Phi) is 16.5. The topological polar surface area (TPSA) is 119 Å². The fourth-order valence-corrected chi connectivity index (χ4v) is 2.28. The van der Waals surface area contributed by atoms with Crippen LogP contribution in [0, 0.1) is 5.41 Å². The van der Waals surface area contributed by atoms with Crippen LogP contribution in [0.15, 0.2) is 0 Å². The molecular formula is C18H38N2O7. The van der Waals surface area contributed by atoms with Crippen LogP contribution in [0.3, 0.4) is 0 Å². The van der Waals surface area contributed by atoms with Gasteiger partial charge in [-0.1, -0.05) is 27.2 Å². The van der Waals surface area contributed by atoms with Gasteiger partial charge in [-0.3, -0.25) is 5.32 Å². The first-order chi connectivity index (χ1) is 12.9. The molecule has 0 aromatic rings. The largest absolute Gasteiger partial charge is 0.449 e. The van der Waals surface area contributed by atoms with Crippen molar-refractivity contribution < 1.29 is 34.3 Å². The molecule has 1 atom stereocenters. The number of unbranched alkanes of at least 4 members (excludes halogenated alkanes) is 1. The van der Waals surface area contributed by atoms with Crippen LogP contribution in [0.4, 0.5) is 4.79 Å². The van der Waals surface area contributed by atoms with Gasteiger partial charge in [0.25, 0.3) is 0 Å². The number of carbonyl (C=O) groups excluding carboxylic acids is 1. The third-order valence-corrected chi connectivity index (χ3v) is 3.79. The van der Waals surface area contributed by atoms with Crippen LogP contribution in [-0.2, 0) is 19.2 Å². The molecule has 0 saturated carbocycles. The highest BCUT2D eigenvalue weighted by atomic mass is 17.2.